The van der Waals surface area contributed by atoms with Crippen LogP contribution in [0.4, 0.5) is 0 Å². The van der Waals surface area contributed by atoms with E-state index in [1.165, 1.54) is 89.9 Å². The standard InChI is InChI=1S/C34H62O4/c1-2-3-4-5-6-7-8-9-11-14-17-20-23-26-29-32(34(37)38)30-27-24-21-18-15-12-10-13-16-19-22-25-28-31-33(35)36/h9-12,32H,2-8,13-31H2,1H3,(H,35,36)(H,37,38). The van der Waals surface area contributed by atoms with Crippen LogP contribution in [-0.4, -0.2) is 22.2 Å². The van der Waals surface area contributed by atoms with Crippen molar-refractivity contribution in [3.63, 3.8) is 0 Å². The summed E-state index contributed by atoms with van der Waals surface area (Å²) in [6.45, 7) is 2.26. The number of unbranched alkanes of at least 4 members (excludes halogenated alkanes) is 19. The molecule has 1 unspecified atom stereocenters. The molecule has 0 aromatic rings. The highest BCUT2D eigenvalue weighted by Crippen LogP contribution is 2.19. The summed E-state index contributed by atoms with van der Waals surface area (Å²) in [5.41, 5.74) is 0. The van der Waals surface area contributed by atoms with Gasteiger partial charge in [0, 0.05) is 6.42 Å². The van der Waals surface area contributed by atoms with Gasteiger partial charge in [0.25, 0.3) is 0 Å². The van der Waals surface area contributed by atoms with E-state index >= 15 is 0 Å². The minimum absolute atomic E-state index is 0.156. The van der Waals surface area contributed by atoms with E-state index in [-0.39, 0.29) is 5.92 Å². The molecule has 0 aliphatic rings. The molecular weight excluding hydrogens is 472 g/mol. The monoisotopic (exact) mass is 534 g/mol. The normalized spacial score (nSPS) is 12.6. The Hall–Kier alpha value is -1.58. The van der Waals surface area contributed by atoms with E-state index in [4.69, 9.17) is 5.11 Å². The van der Waals surface area contributed by atoms with E-state index in [1.54, 1.807) is 0 Å². The average Bonchev–Trinajstić information content (AvgIpc) is 2.89. The van der Waals surface area contributed by atoms with Gasteiger partial charge in [-0.05, 0) is 70.6 Å². The van der Waals surface area contributed by atoms with E-state index in [2.05, 4.69) is 31.2 Å². The van der Waals surface area contributed by atoms with Crippen molar-refractivity contribution < 1.29 is 19.8 Å². The summed E-state index contributed by atoms with van der Waals surface area (Å²) in [6.07, 6.45) is 38.6. The Balaban J connectivity index is 3.52. The maximum Gasteiger partial charge on any atom is 0.306 e. The number of hydrogen-bond acceptors (Lipinski definition) is 2. The fourth-order valence-electron chi connectivity index (χ4n) is 4.99. The number of carbonyl (C=O) groups is 2. The van der Waals surface area contributed by atoms with Crippen molar-refractivity contribution in [1.29, 1.82) is 0 Å². The lowest BCUT2D eigenvalue weighted by atomic mass is 9.94. The highest BCUT2D eigenvalue weighted by molar-refractivity contribution is 5.69. The van der Waals surface area contributed by atoms with Crippen LogP contribution in [0.1, 0.15) is 174 Å². The Morgan fingerprint density at radius 3 is 1.21 bits per heavy atom. The number of carboxylic acid groups (broad SMARTS) is 2. The molecule has 0 heterocycles. The van der Waals surface area contributed by atoms with Crippen molar-refractivity contribution in [3.05, 3.63) is 24.3 Å². The van der Waals surface area contributed by atoms with Crippen LogP contribution >= 0.6 is 0 Å². The third-order valence-electron chi connectivity index (χ3n) is 7.52. The maximum absolute atomic E-state index is 11.6. The quantitative estimate of drug-likeness (QED) is 0.0709. The van der Waals surface area contributed by atoms with E-state index in [9.17, 15) is 14.7 Å². The Bertz CT molecular complexity index is 581. The minimum Gasteiger partial charge on any atom is -0.481 e. The first kappa shape index (κ1) is 36.4. The minimum atomic E-state index is -0.687. The molecule has 4 heteroatoms. The van der Waals surface area contributed by atoms with Gasteiger partial charge in [-0.25, -0.2) is 0 Å². The van der Waals surface area contributed by atoms with Crippen LogP contribution < -0.4 is 0 Å². The summed E-state index contributed by atoms with van der Waals surface area (Å²) in [4.78, 5) is 22.1. The Labute approximate surface area is 235 Å². The first-order valence-electron chi connectivity index (χ1n) is 16.3. The number of hydrogen-bond donors (Lipinski definition) is 2. The van der Waals surface area contributed by atoms with Crippen molar-refractivity contribution >= 4 is 11.9 Å². The van der Waals surface area contributed by atoms with Gasteiger partial charge in [-0.1, -0.05) is 121 Å². The van der Waals surface area contributed by atoms with Gasteiger partial charge in [0.05, 0.1) is 5.92 Å². The summed E-state index contributed by atoms with van der Waals surface area (Å²) in [5, 5.41) is 18.2. The van der Waals surface area contributed by atoms with Crippen LogP contribution in [0.2, 0.25) is 0 Å². The zero-order valence-electron chi connectivity index (χ0n) is 25.0. The van der Waals surface area contributed by atoms with Gasteiger partial charge in [-0.2, -0.15) is 0 Å². The molecular formula is C34H62O4. The number of aliphatic carboxylic acids is 2. The number of allylic oxidation sites excluding steroid dienone is 4. The lowest BCUT2D eigenvalue weighted by molar-refractivity contribution is -0.142. The van der Waals surface area contributed by atoms with Crippen molar-refractivity contribution in [2.75, 3.05) is 0 Å². The number of rotatable bonds is 30. The predicted octanol–water partition coefficient (Wildman–Crippen LogP) is 11.0. The first-order chi connectivity index (χ1) is 18.6. The molecule has 0 aliphatic carbocycles. The largest absolute Gasteiger partial charge is 0.481 e. The summed E-state index contributed by atoms with van der Waals surface area (Å²) in [5.74, 6) is -1.45. The molecule has 0 fully saturated rings. The molecule has 0 aliphatic heterocycles. The van der Waals surface area contributed by atoms with Gasteiger partial charge in [-0.15, -0.1) is 0 Å². The maximum atomic E-state index is 11.6. The molecule has 4 nitrogen and oxygen atoms in total. The van der Waals surface area contributed by atoms with E-state index < -0.39 is 11.9 Å². The third-order valence-corrected chi connectivity index (χ3v) is 7.52. The molecule has 0 amide bonds. The Morgan fingerprint density at radius 2 is 0.842 bits per heavy atom. The fourth-order valence-corrected chi connectivity index (χ4v) is 4.99. The van der Waals surface area contributed by atoms with Crippen LogP contribution in [0, 0.1) is 5.92 Å². The van der Waals surface area contributed by atoms with Gasteiger partial charge in [0.1, 0.15) is 0 Å². The van der Waals surface area contributed by atoms with Crippen LogP contribution in [0.15, 0.2) is 24.3 Å². The molecule has 0 saturated heterocycles. The molecule has 0 rings (SSSR count). The second-order valence-corrected chi connectivity index (χ2v) is 11.2. The van der Waals surface area contributed by atoms with E-state index in [0.29, 0.717) is 6.42 Å². The third kappa shape index (κ3) is 29.0. The lowest BCUT2D eigenvalue weighted by Gasteiger charge is -2.12. The zero-order chi connectivity index (χ0) is 27.9. The molecule has 0 saturated carbocycles. The molecule has 2 N–H and O–H groups in total. The second kappa shape index (κ2) is 30.0. The van der Waals surface area contributed by atoms with Gasteiger partial charge in [0.15, 0.2) is 0 Å². The van der Waals surface area contributed by atoms with Crippen molar-refractivity contribution in [1.82, 2.24) is 0 Å². The Morgan fingerprint density at radius 1 is 0.500 bits per heavy atom. The molecule has 0 spiro atoms. The fraction of sp³-hybridized carbons (Fsp3) is 0.824. The van der Waals surface area contributed by atoms with Crippen LogP contribution in [0.25, 0.3) is 0 Å². The topological polar surface area (TPSA) is 74.6 Å². The summed E-state index contributed by atoms with van der Waals surface area (Å²) in [6, 6.07) is 0. The average molecular weight is 535 g/mol. The Kier molecular flexibility index (Phi) is 28.7. The van der Waals surface area contributed by atoms with Crippen molar-refractivity contribution in [3.8, 4) is 0 Å². The highest BCUT2D eigenvalue weighted by Gasteiger charge is 2.16. The van der Waals surface area contributed by atoms with Crippen molar-refractivity contribution in [2.24, 2.45) is 5.92 Å². The van der Waals surface area contributed by atoms with Gasteiger partial charge < -0.3 is 10.2 Å². The predicted molar refractivity (Wildman–Crippen MR) is 163 cm³/mol. The molecule has 222 valence electrons. The van der Waals surface area contributed by atoms with Gasteiger partial charge >= 0.3 is 11.9 Å². The SMILES string of the molecule is CCCCCCCCC=CCCCCCCC(CCCCCCC=CCCCCCCCC(=O)O)C(=O)O. The summed E-state index contributed by atoms with van der Waals surface area (Å²) >= 11 is 0. The lowest BCUT2D eigenvalue weighted by Crippen LogP contribution is -2.13. The van der Waals surface area contributed by atoms with E-state index in [0.717, 1.165) is 70.6 Å². The molecule has 0 aromatic heterocycles. The van der Waals surface area contributed by atoms with Crippen LogP contribution in [0.5, 0.6) is 0 Å². The zero-order valence-corrected chi connectivity index (χ0v) is 25.0. The van der Waals surface area contributed by atoms with E-state index in [1.807, 2.05) is 0 Å². The van der Waals surface area contributed by atoms with Gasteiger partial charge in [-0.3, -0.25) is 9.59 Å². The molecule has 0 bridgehead atoms. The van der Waals surface area contributed by atoms with Gasteiger partial charge in [0.2, 0.25) is 0 Å². The smallest absolute Gasteiger partial charge is 0.306 e. The first-order valence-corrected chi connectivity index (χ1v) is 16.3. The number of carboxylic acids is 2. The van der Waals surface area contributed by atoms with Crippen LogP contribution in [-0.2, 0) is 9.59 Å². The molecule has 0 aromatic carbocycles. The van der Waals surface area contributed by atoms with Crippen molar-refractivity contribution in [2.45, 2.75) is 174 Å². The molecule has 0 radical (unpaired) electrons. The molecule has 1 atom stereocenters. The van der Waals surface area contributed by atoms with Crippen LogP contribution in [0.3, 0.4) is 0 Å². The summed E-state index contributed by atoms with van der Waals surface area (Å²) < 4.78 is 0. The highest BCUT2D eigenvalue weighted by atomic mass is 16.4. The second-order valence-electron chi connectivity index (χ2n) is 11.2. The molecule has 38 heavy (non-hydrogen) atoms. The summed E-state index contributed by atoms with van der Waals surface area (Å²) in [7, 11) is 0.